The number of anilines is 1. The maximum Gasteiger partial charge on any atom is 0.101 e. The highest BCUT2D eigenvalue weighted by Crippen LogP contribution is 2.29. The molecule has 2 rings (SSSR count). The second-order valence-corrected chi connectivity index (χ2v) is 5.57. The molecule has 1 aromatic rings. The Kier molecular flexibility index (Phi) is 4.49. The molecule has 0 radical (unpaired) electrons. The molecule has 1 fully saturated rings. The zero-order valence-corrected chi connectivity index (χ0v) is 11.5. The molecule has 1 aromatic carbocycles. The lowest BCUT2D eigenvalue weighted by molar-refractivity contribution is 0.328. The zero-order chi connectivity index (χ0) is 13.0. The summed E-state index contributed by atoms with van der Waals surface area (Å²) >= 11 is 5.99. The van der Waals surface area contributed by atoms with Crippen LogP contribution in [0.4, 0.5) is 5.69 Å². The lowest BCUT2D eigenvalue weighted by atomic mass is 9.84. The lowest BCUT2D eigenvalue weighted by Crippen LogP contribution is -2.28. The molecule has 0 aliphatic heterocycles. The molecule has 1 aliphatic carbocycles. The molecule has 0 heterocycles. The highest BCUT2D eigenvalue weighted by atomic mass is 35.5. The minimum absolute atomic E-state index is 0.399. The Balaban J connectivity index is 2.08. The first-order valence-corrected chi connectivity index (χ1v) is 7.04. The van der Waals surface area contributed by atoms with E-state index in [1.807, 2.05) is 6.07 Å². The molecule has 1 N–H and O–H groups in total. The largest absolute Gasteiger partial charge is 0.381 e. The van der Waals surface area contributed by atoms with Crippen molar-refractivity contribution in [2.45, 2.75) is 45.1 Å². The third kappa shape index (κ3) is 3.17. The molecule has 1 saturated carbocycles. The van der Waals surface area contributed by atoms with Gasteiger partial charge in [-0.25, -0.2) is 0 Å². The number of nitriles is 1. The molecular formula is C15H19ClN2. The van der Waals surface area contributed by atoms with Gasteiger partial charge in [-0.05, 0) is 43.9 Å². The van der Waals surface area contributed by atoms with Gasteiger partial charge in [0.05, 0.1) is 11.3 Å². The second kappa shape index (κ2) is 6.11. The number of nitrogens with one attached hydrogen (secondary N) is 1. The second-order valence-electron chi connectivity index (χ2n) is 5.13. The smallest absolute Gasteiger partial charge is 0.101 e. The van der Waals surface area contributed by atoms with Crippen LogP contribution in [-0.2, 0) is 0 Å². The van der Waals surface area contributed by atoms with Crippen LogP contribution in [0.2, 0.25) is 5.02 Å². The van der Waals surface area contributed by atoms with Crippen LogP contribution in [0.15, 0.2) is 18.2 Å². The van der Waals surface area contributed by atoms with E-state index in [-0.39, 0.29) is 0 Å². The van der Waals surface area contributed by atoms with E-state index in [1.54, 1.807) is 12.1 Å². The molecule has 0 spiro atoms. The molecule has 2 nitrogen and oxygen atoms in total. The molecule has 96 valence electrons. The molecule has 0 aromatic heterocycles. The first-order valence-electron chi connectivity index (χ1n) is 6.67. The van der Waals surface area contributed by atoms with Crippen molar-refractivity contribution in [2.24, 2.45) is 5.92 Å². The maximum atomic E-state index is 9.10. The van der Waals surface area contributed by atoms with Crippen molar-refractivity contribution in [1.29, 1.82) is 5.26 Å². The fraction of sp³-hybridized carbons (Fsp3) is 0.533. The maximum absolute atomic E-state index is 9.10. The third-order valence-corrected chi connectivity index (χ3v) is 4.08. The first-order chi connectivity index (χ1) is 8.70. The minimum Gasteiger partial charge on any atom is -0.381 e. The highest BCUT2D eigenvalue weighted by Gasteiger charge is 2.20. The van der Waals surface area contributed by atoms with Crippen molar-refractivity contribution >= 4 is 17.3 Å². The van der Waals surface area contributed by atoms with E-state index in [0.717, 1.165) is 5.69 Å². The average molecular weight is 263 g/mol. The van der Waals surface area contributed by atoms with Gasteiger partial charge >= 0.3 is 0 Å². The quantitative estimate of drug-likeness (QED) is 0.865. The van der Waals surface area contributed by atoms with Crippen LogP contribution in [0.1, 0.15) is 44.6 Å². The number of hydrogen-bond donors (Lipinski definition) is 1. The van der Waals surface area contributed by atoms with Crippen molar-refractivity contribution in [3.8, 4) is 6.07 Å². The molecule has 1 aliphatic rings. The fourth-order valence-corrected chi connectivity index (χ4v) is 2.90. The van der Waals surface area contributed by atoms with E-state index in [0.29, 0.717) is 22.5 Å². The van der Waals surface area contributed by atoms with E-state index < -0.39 is 0 Å². The summed E-state index contributed by atoms with van der Waals surface area (Å²) in [6.07, 6.45) is 6.60. The average Bonchev–Trinajstić information content (AvgIpc) is 2.40. The number of benzene rings is 1. The van der Waals surface area contributed by atoms with Crippen LogP contribution in [0.3, 0.4) is 0 Å². The predicted molar refractivity (Wildman–Crippen MR) is 75.8 cm³/mol. The number of halogens is 1. The predicted octanol–water partition coefficient (Wildman–Crippen LogP) is 4.59. The van der Waals surface area contributed by atoms with E-state index in [4.69, 9.17) is 16.9 Å². The summed E-state index contributed by atoms with van der Waals surface area (Å²) in [4.78, 5) is 0. The summed E-state index contributed by atoms with van der Waals surface area (Å²) in [6, 6.07) is 7.99. The molecule has 1 unspecified atom stereocenters. The molecule has 1 atom stereocenters. The Morgan fingerprint density at radius 1 is 1.33 bits per heavy atom. The van der Waals surface area contributed by atoms with Gasteiger partial charge in [-0.2, -0.15) is 5.26 Å². The van der Waals surface area contributed by atoms with E-state index in [2.05, 4.69) is 18.3 Å². The first kappa shape index (κ1) is 13.2. The summed E-state index contributed by atoms with van der Waals surface area (Å²) in [7, 11) is 0. The van der Waals surface area contributed by atoms with Crippen LogP contribution in [0, 0.1) is 17.2 Å². The number of nitrogens with zero attached hydrogens (tertiary/aromatic N) is 1. The van der Waals surface area contributed by atoms with Gasteiger partial charge < -0.3 is 5.32 Å². The van der Waals surface area contributed by atoms with E-state index >= 15 is 0 Å². The normalized spacial score (nSPS) is 18.1. The summed E-state index contributed by atoms with van der Waals surface area (Å²) in [5.74, 6) is 0.712. The summed E-state index contributed by atoms with van der Waals surface area (Å²) in [5, 5.41) is 13.2. The van der Waals surface area contributed by atoms with Crippen molar-refractivity contribution in [3.63, 3.8) is 0 Å². The third-order valence-electron chi connectivity index (χ3n) is 3.84. The van der Waals surface area contributed by atoms with Gasteiger partial charge in [0.1, 0.15) is 6.07 Å². The Morgan fingerprint density at radius 3 is 2.72 bits per heavy atom. The fourth-order valence-electron chi connectivity index (χ4n) is 2.73. The van der Waals surface area contributed by atoms with Crippen LogP contribution in [0.5, 0.6) is 0 Å². The molecule has 0 bridgehead atoms. The molecule has 0 saturated heterocycles. The van der Waals surface area contributed by atoms with Gasteiger partial charge in [0.15, 0.2) is 0 Å². The van der Waals surface area contributed by atoms with Crippen LogP contribution in [-0.4, -0.2) is 6.04 Å². The Bertz CT molecular complexity index is 444. The lowest BCUT2D eigenvalue weighted by Gasteiger charge is -2.29. The van der Waals surface area contributed by atoms with Crippen molar-refractivity contribution < 1.29 is 0 Å². The van der Waals surface area contributed by atoms with Crippen LogP contribution < -0.4 is 5.32 Å². The van der Waals surface area contributed by atoms with Gasteiger partial charge in [0.2, 0.25) is 0 Å². The van der Waals surface area contributed by atoms with Crippen molar-refractivity contribution in [2.75, 3.05) is 5.32 Å². The van der Waals surface area contributed by atoms with Gasteiger partial charge in [-0.3, -0.25) is 0 Å². The molecule has 0 amide bonds. The van der Waals surface area contributed by atoms with Crippen LogP contribution >= 0.6 is 11.6 Å². The van der Waals surface area contributed by atoms with Crippen LogP contribution in [0.25, 0.3) is 0 Å². The molecule has 3 heteroatoms. The summed E-state index contributed by atoms with van der Waals surface area (Å²) in [6.45, 7) is 2.21. The molecule has 18 heavy (non-hydrogen) atoms. The van der Waals surface area contributed by atoms with Crippen molar-refractivity contribution in [1.82, 2.24) is 0 Å². The number of hydrogen-bond acceptors (Lipinski definition) is 2. The molecular weight excluding hydrogens is 244 g/mol. The standard InChI is InChI=1S/C15H19ClN2/c1-11(12-5-3-2-4-6-12)18-15-9-14(16)8-7-13(15)10-17/h7-9,11-12,18H,2-6H2,1H3. The highest BCUT2D eigenvalue weighted by molar-refractivity contribution is 6.30. The van der Waals surface area contributed by atoms with Gasteiger partial charge in [-0.15, -0.1) is 0 Å². The Morgan fingerprint density at radius 2 is 2.06 bits per heavy atom. The van der Waals surface area contributed by atoms with Gasteiger partial charge in [0, 0.05) is 11.1 Å². The van der Waals surface area contributed by atoms with Gasteiger partial charge in [0.25, 0.3) is 0 Å². The van der Waals surface area contributed by atoms with E-state index in [1.165, 1.54) is 32.1 Å². The zero-order valence-electron chi connectivity index (χ0n) is 10.7. The number of rotatable bonds is 3. The summed E-state index contributed by atoms with van der Waals surface area (Å²) < 4.78 is 0. The van der Waals surface area contributed by atoms with Crippen molar-refractivity contribution in [3.05, 3.63) is 28.8 Å². The van der Waals surface area contributed by atoms with E-state index in [9.17, 15) is 0 Å². The Hall–Kier alpha value is -1.20. The minimum atomic E-state index is 0.399. The monoisotopic (exact) mass is 262 g/mol. The summed E-state index contributed by atoms with van der Waals surface area (Å²) in [5.41, 5.74) is 1.53. The Labute approximate surface area is 114 Å². The van der Waals surface area contributed by atoms with Gasteiger partial charge in [-0.1, -0.05) is 30.9 Å². The topological polar surface area (TPSA) is 35.8 Å². The SMILES string of the molecule is CC(Nc1cc(Cl)ccc1C#N)C1CCCCC1.